The minimum atomic E-state index is -3.25. The number of nitrogens with zero attached hydrogens (tertiary/aromatic N) is 1. The summed E-state index contributed by atoms with van der Waals surface area (Å²) < 4.78 is 43.9. The summed E-state index contributed by atoms with van der Waals surface area (Å²) in [5, 5.41) is 0.805. The SMILES string of the molecule is Cc1cc(OCC(=O)N(Cc2c(F)cccc2Cl)[C@H]2CCS(=O)(=O)C2)cc(C)c1Cl. The Morgan fingerprint density at radius 2 is 1.90 bits per heavy atom. The van der Waals surface area contributed by atoms with Gasteiger partial charge in [0.2, 0.25) is 0 Å². The standard InChI is InChI=1S/C21H22Cl2FNO4S/c1-13-8-16(9-14(2)21(13)23)29-11-20(26)25(15-6-7-30(27,28)12-15)10-17-18(22)4-3-5-19(17)24/h3-5,8-9,15H,6-7,10-12H2,1-2H3/t15-/m0/s1. The molecule has 0 radical (unpaired) electrons. The second-order valence-corrected chi connectivity index (χ2v) is 10.5. The van der Waals surface area contributed by atoms with E-state index in [1.54, 1.807) is 12.1 Å². The number of ether oxygens (including phenoxy) is 1. The predicted molar refractivity (Wildman–Crippen MR) is 115 cm³/mol. The van der Waals surface area contributed by atoms with Gasteiger partial charge < -0.3 is 9.64 Å². The minimum absolute atomic E-state index is 0.0110. The zero-order valence-electron chi connectivity index (χ0n) is 16.6. The molecule has 0 N–H and O–H groups in total. The summed E-state index contributed by atoms with van der Waals surface area (Å²) in [7, 11) is -3.25. The highest BCUT2D eigenvalue weighted by Crippen LogP contribution is 2.27. The molecule has 2 aromatic rings. The van der Waals surface area contributed by atoms with E-state index in [9.17, 15) is 17.6 Å². The molecular weight excluding hydrogens is 452 g/mol. The molecule has 0 spiro atoms. The van der Waals surface area contributed by atoms with Gasteiger partial charge in [0.15, 0.2) is 16.4 Å². The average Bonchev–Trinajstić information content (AvgIpc) is 3.03. The molecule has 0 bridgehead atoms. The molecule has 5 nitrogen and oxygen atoms in total. The van der Waals surface area contributed by atoms with Crippen LogP contribution >= 0.6 is 23.2 Å². The lowest BCUT2D eigenvalue weighted by Gasteiger charge is -2.29. The van der Waals surface area contributed by atoms with Crippen molar-refractivity contribution in [1.29, 1.82) is 0 Å². The minimum Gasteiger partial charge on any atom is -0.484 e. The van der Waals surface area contributed by atoms with Crippen molar-refractivity contribution in [3.63, 3.8) is 0 Å². The fourth-order valence-corrected chi connectivity index (χ4v) is 5.58. The van der Waals surface area contributed by atoms with Gasteiger partial charge in [-0.1, -0.05) is 29.3 Å². The van der Waals surface area contributed by atoms with Crippen LogP contribution < -0.4 is 4.74 Å². The largest absolute Gasteiger partial charge is 0.484 e. The Morgan fingerprint density at radius 1 is 1.23 bits per heavy atom. The summed E-state index contributed by atoms with van der Waals surface area (Å²) in [5.74, 6) is -0.689. The quantitative estimate of drug-likeness (QED) is 0.625. The predicted octanol–water partition coefficient (Wildman–Crippen LogP) is 4.34. The van der Waals surface area contributed by atoms with Gasteiger partial charge >= 0.3 is 0 Å². The van der Waals surface area contributed by atoms with Crippen LogP contribution in [-0.4, -0.2) is 43.4 Å². The zero-order chi connectivity index (χ0) is 22.1. The summed E-state index contributed by atoms with van der Waals surface area (Å²) in [6.45, 7) is 3.22. The number of hydrogen-bond donors (Lipinski definition) is 0. The number of amides is 1. The number of sulfone groups is 1. The Hall–Kier alpha value is -1.83. The molecule has 30 heavy (non-hydrogen) atoms. The zero-order valence-corrected chi connectivity index (χ0v) is 19.0. The Bertz CT molecular complexity index is 1030. The Morgan fingerprint density at radius 3 is 2.47 bits per heavy atom. The van der Waals surface area contributed by atoms with E-state index in [1.165, 1.54) is 23.1 Å². The van der Waals surface area contributed by atoms with Gasteiger partial charge in [-0.15, -0.1) is 0 Å². The van der Waals surface area contributed by atoms with Gasteiger partial charge in [0.05, 0.1) is 18.1 Å². The number of carbonyl (C=O) groups excluding carboxylic acids is 1. The van der Waals surface area contributed by atoms with Crippen LogP contribution in [0.5, 0.6) is 5.75 Å². The third kappa shape index (κ3) is 5.25. The molecule has 1 aliphatic rings. The highest BCUT2D eigenvalue weighted by Gasteiger charge is 2.35. The first kappa shape index (κ1) is 22.8. The molecular formula is C21H22Cl2FNO4S. The summed E-state index contributed by atoms with van der Waals surface area (Å²) in [4.78, 5) is 14.3. The monoisotopic (exact) mass is 473 g/mol. The second kappa shape index (κ2) is 9.12. The molecule has 0 aromatic heterocycles. The average molecular weight is 474 g/mol. The topological polar surface area (TPSA) is 63.7 Å². The van der Waals surface area contributed by atoms with Gasteiger partial charge in [-0.25, -0.2) is 12.8 Å². The lowest BCUT2D eigenvalue weighted by molar-refractivity contribution is -0.136. The van der Waals surface area contributed by atoms with Crippen LogP contribution in [0.15, 0.2) is 30.3 Å². The van der Waals surface area contributed by atoms with E-state index in [4.69, 9.17) is 27.9 Å². The molecule has 9 heteroatoms. The van der Waals surface area contributed by atoms with Crippen molar-refractivity contribution >= 4 is 38.9 Å². The molecule has 1 heterocycles. The van der Waals surface area contributed by atoms with Crippen molar-refractivity contribution < 1.29 is 22.3 Å². The lowest BCUT2D eigenvalue weighted by Crippen LogP contribution is -2.43. The van der Waals surface area contributed by atoms with Crippen LogP contribution in [0.1, 0.15) is 23.1 Å². The molecule has 0 aliphatic carbocycles. The number of carbonyl (C=O) groups is 1. The van der Waals surface area contributed by atoms with Crippen LogP contribution in [0, 0.1) is 19.7 Å². The van der Waals surface area contributed by atoms with Crippen LogP contribution in [0.2, 0.25) is 10.0 Å². The molecule has 1 amide bonds. The first-order valence-electron chi connectivity index (χ1n) is 9.39. The van der Waals surface area contributed by atoms with Crippen molar-refractivity contribution in [3.8, 4) is 5.75 Å². The maximum absolute atomic E-state index is 14.3. The van der Waals surface area contributed by atoms with Crippen molar-refractivity contribution in [2.75, 3.05) is 18.1 Å². The molecule has 162 valence electrons. The van der Waals surface area contributed by atoms with E-state index in [0.717, 1.165) is 11.1 Å². The van der Waals surface area contributed by atoms with Crippen molar-refractivity contribution in [3.05, 3.63) is 62.9 Å². The molecule has 0 unspecified atom stereocenters. The second-order valence-electron chi connectivity index (χ2n) is 7.44. The van der Waals surface area contributed by atoms with Crippen LogP contribution in [-0.2, 0) is 21.2 Å². The van der Waals surface area contributed by atoms with E-state index in [0.29, 0.717) is 17.2 Å². The van der Waals surface area contributed by atoms with Gasteiger partial charge in [-0.2, -0.15) is 0 Å². The third-order valence-electron chi connectivity index (χ3n) is 5.13. The fraction of sp³-hybridized carbons (Fsp3) is 0.381. The molecule has 2 aromatic carbocycles. The number of aryl methyl sites for hydroxylation is 2. The smallest absolute Gasteiger partial charge is 0.261 e. The third-order valence-corrected chi connectivity index (χ3v) is 7.83. The highest BCUT2D eigenvalue weighted by molar-refractivity contribution is 7.91. The number of hydrogen-bond acceptors (Lipinski definition) is 4. The first-order chi connectivity index (χ1) is 14.1. The van der Waals surface area contributed by atoms with E-state index >= 15 is 0 Å². The van der Waals surface area contributed by atoms with Gasteiger partial charge in [0, 0.05) is 21.7 Å². The van der Waals surface area contributed by atoms with E-state index in [-0.39, 0.29) is 35.2 Å². The first-order valence-corrected chi connectivity index (χ1v) is 12.0. The molecule has 3 rings (SSSR count). The number of halogens is 3. The summed E-state index contributed by atoms with van der Waals surface area (Å²) >= 11 is 12.3. The van der Waals surface area contributed by atoms with Crippen LogP contribution in [0.25, 0.3) is 0 Å². The fourth-order valence-electron chi connectivity index (χ4n) is 3.51. The van der Waals surface area contributed by atoms with E-state index in [2.05, 4.69) is 0 Å². The number of benzene rings is 2. The van der Waals surface area contributed by atoms with Gasteiger partial charge in [0.25, 0.3) is 5.91 Å². The highest BCUT2D eigenvalue weighted by atomic mass is 35.5. The van der Waals surface area contributed by atoms with E-state index < -0.39 is 27.6 Å². The van der Waals surface area contributed by atoms with Crippen LogP contribution in [0.3, 0.4) is 0 Å². The van der Waals surface area contributed by atoms with Crippen molar-refractivity contribution in [2.45, 2.75) is 32.9 Å². The molecule has 1 saturated heterocycles. The maximum atomic E-state index is 14.3. The molecule has 1 fully saturated rings. The maximum Gasteiger partial charge on any atom is 0.261 e. The van der Waals surface area contributed by atoms with Gasteiger partial charge in [0.1, 0.15) is 11.6 Å². The van der Waals surface area contributed by atoms with Gasteiger partial charge in [-0.05, 0) is 55.7 Å². The van der Waals surface area contributed by atoms with Gasteiger partial charge in [-0.3, -0.25) is 4.79 Å². The Kier molecular flexibility index (Phi) is 6.95. The lowest BCUT2D eigenvalue weighted by atomic mass is 10.1. The summed E-state index contributed by atoms with van der Waals surface area (Å²) in [5.41, 5.74) is 1.78. The summed E-state index contributed by atoms with van der Waals surface area (Å²) in [6, 6.07) is 7.15. The molecule has 1 aliphatic heterocycles. The molecule has 0 saturated carbocycles. The Labute approximate surface area is 185 Å². The Balaban J connectivity index is 1.81. The number of rotatable bonds is 6. The van der Waals surface area contributed by atoms with Crippen molar-refractivity contribution in [2.24, 2.45) is 0 Å². The van der Waals surface area contributed by atoms with Crippen molar-refractivity contribution in [1.82, 2.24) is 4.90 Å². The molecule has 1 atom stereocenters. The normalized spacial score (nSPS) is 17.7. The summed E-state index contributed by atoms with van der Waals surface area (Å²) in [6.07, 6.45) is 0.291. The van der Waals surface area contributed by atoms with Crippen LogP contribution in [0.4, 0.5) is 4.39 Å². The van der Waals surface area contributed by atoms with E-state index in [1.807, 2.05) is 13.8 Å².